The zero-order valence-corrected chi connectivity index (χ0v) is 16.7. The number of halogens is 1. The van der Waals surface area contributed by atoms with E-state index >= 15 is 0 Å². The van der Waals surface area contributed by atoms with Crippen LogP contribution >= 0.6 is 22.9 Å². The molecule has 0 bridgehead atoms. The second kappa shape index (κ2) is 7.83. The Morgan fingerprint density at radius 1 is 1.29 bits per heavy atom. The number of hydrogen-bond donors (Lipinski definition) is 2. The van der Waals surface area contributed by atoms with E-state index in [1.165, 1.54) is 0 Å². The zero-order valence-electron chi connectivity index (χ0n) is 15.2. The molecule has 1 aromatic carbocycles. The fraction of sp³-hybridized carbons (Fsp3) is 0.263. The highest BCUT2D eigenvalue weighted by Crippen LogP contribution is 2.30. The van der Waals surface area contributed by atoms with Crippen LogP contribution in [-0.4, -0.2) is 33.4 Å². The minimum atomic E-state index is -0.450. The lowest BCUT2D eigenvalue weighted by atomic mass is 10.2. The molecule has 4 rings (SSSR count). The Kier molecular flexibility index (Phi) is 5.25. The van der Waals surface area contributed by atoms with Crippen molar-refractivity contribution in [2.75, 3.05) is 16.8 Å². The van der Waals surface area contributed by atoms with E-state index in [-0.39, 0.29) is 11.9 Å². The van der Waals surface area contributed by atoms with Gasteiger partial charge in [-0.15, -0.1) is 11.3 Å². The summed E-state index contributed by atoms with van der Waals surface area (Å²) in [6.45, 7) is 2.59. The van der Waals surface area contributed by atoms with Crippen molar-refractivity contribution in [1.29, 1.82) is 0 Å². The van der Waals surface area contributed by atoms with E-state index in [9.17, 15) is 4.79 Å². The fourth-order valence-corrected chi connectivity index (χ4v) is 4.03. The molecular formula is C19H19ClN6OS. The van der Waals surface area contributed by atoms with Crippen molar-refractivity contribution in [1.82, 2.24) is 15.0 Å². The lowest BCUT2D eigenvalue weighted by Crippen LogP contribution is -2.34. The molecule has 2 aromatic heterocycles. The standard InChI is InChI=1S/C19H19ClN6OS/c1-11(15-10-23-17(28-15)12-2-4-13(20)5-3-12)24-19-22-8-6-16(25-19)26-9-7-14(21)18(26)27/h2-6,8,10-11,14H,7,9,21H2,1H3,(H,22,24,25)/t11-,14?/m0/s1. The van der Waals surface area contributed by atoms with Gasteiger partial charge in [-0.05, 0) is 31.5 Å². The molecule has 7 nitrogen and oxygen atoms in total. The highest BCUT2D eigenvalue weighted by molar-refractivity contribution is 7.15. The van der Waals surface area contributed by atoms with Gasteiger partial charge in [-0.2, -0.15) is 4.98 Å². The first-order valence-electron chi connectivity index (χ1n) is 8.89. The summed E-state index contributed by atoms with van der Waals surface area (Å²) < 4.78 is 0. The van der Waals surface area contributed by atoms with Gasteiger partial charge in [0, 0.05) is 34.4 Å². The highest BCUT2D eigenvalue weighted by Gasteiger charge is 2.30. The van der Waals surface area contributed by atoms with Gasteiger partial charge in [-0.1, -0.05) is 23.7 Å². The molecule has 1 saturated heterocycles. The molecule has 1 amide bonds. The predicted octanol–water partition coefficient (Wildman–Crippen LogP) is 3.49. The van der Waals surface area contributed by atoms with Crippen LogP contribution in [-0.2, 0) is 4.79 Å². The molecule has 2 atom stereocenters. The van der Waals surface area contributed by atoms with Crippen molar-refractivity contribution in [3.8, 4) is 10.6 Å². The quantitative estimate of drug-likeness (QED) is 0.663. The first kappa shape index (κ1) is 18.8. The molecule has 28 heavy (non-hydrogen) atoms. The summed E-state index contributed by atoms with van der Waals surface area (Å²) in [7, 11) is 0. The monoisotopic (exact) mass is 414 g/mol. The van der Waals surface area contributed by atoms with Crippen LogP contribution in [0.1, 0.15) is 24.3 Å². The smallest absolute Gasteiger partial charge is 0.245 e. The summed E-state index contributed by atoms with van der Waals surface area (Å²) in [5, 5.41) is 4.90. The molecule has 3 aromatic rings. The summed E-state index contributed by atoms with van der Waals surface area (Å²) in [4.78, 5) is 28.0. The summed E-state index contributed by atoms with van der Waals surface area (Å²) in [5.41, 5.74) is 6.82. The Balaban J connectivity index is 1.48. The molecule has 1 aliphatic heterocycles. The van der Waals surface area contributed by atoms with Gasteiger partial charge in [0.15, 0.2) is 0 Å². The van der Waals surface area contributed by atoms with Gasteiger partial charge in [0.1, 0.15) is 10.8 Å². The largest absolute Gasteiger partial charge is 0.347 e. The molecule has 9 heteroatoms. The number of benzene rings is 1. The van der Waals surface area contributed by atoms with Crippen LogP contribution in [0.15, 0.2) is 42.7 Å². The van der Waals surface area contributed by atoms with Crippen LogP contribution in [0.2, 0.25) is 5.02 Å². The molecule has 1 fully saturated rings. The minimum Gasteiger partial charge on any atom is -0.347 e. The van der Waals surface area contributed by atoms with E-state index in [0.717, 1.165) is 15.4 Å². The van der Waals surface area contributed by atoms with E-state index < -0.39 is 6.04 Å². The van der Waals surface area contributed by atoms with Gasteiger partial charge in [0.05, 0.1) is 12.1 Å². The Labute approximate surface area is 171 Å². The van der Waals surface area contributed by atoms with Gasteiger partial charge >= 0.3 is 0 Å². The topological polar surface area (TPSA) is 97.0 Å². The van der Waals surface area contributed by atoms with Crippen LogP contribution in [0.25, 0.3) is 10.6 Å². The normalized spacial score (nSPS) is 17.8. The van der Waals surface area contributed by atoms with E-state index in [4.69, 9.17) is 17.3 Å². The van der Waals surface area contributed by atoms with E-state index in [0.29, 0.717) is 29.8 Å². The van der Waals surface area contributed by atoms with Crippen molar-refractivity contribution < 1.29 is 4.79 Å². The summed E-state index contributed by atoms with van der Waals surface area (Å²) in [6.07, 6.45) is 4.12. The van der Waals surface area contributed by atoms with Gasteiger partial charge in [0.25, 0.3) is 0 Å². The maximum absolute atomic E-state index is 12.1. The van der Waals surface area contributed by atoms with Crippen molar-refractivity contribution in [2.24, 2.45) is 5.73 Å². The van der Waals surface area contributed by atoms with Gasteiger partial charge < -0.3 is 11.1 Å². The number of rotatable bonds is 5. The van der Waals surface area contributed by atoms with Crippen LogP contribution in [0, 0.1) is 0 Å². The number of hydrogen-bond acceptors (Lipinski definition) is 7. The summed E-state index contributed by atoms with van der Waals surface area (Å²) in [6, 6.07) is 8.84. The van der Waals surface area contributed by atoms with Crippen molar-refractivity contribution >= 4 is 40.6 Å². The van der Waals surface area contributed by atoms with Gasteiger partial charge in [-0.25, -0.2) is 9.97 Å². The maximum atomic E-state index is 12.1. The molecule has 144 valence electrons. The predicted molar refractivity (Wildman–Crippen MR) is 112 cm³/mol. The lowest BCUT2D eigenvalue weighted by molar-refractivity contribution is -0.118. The van der Waals surface area contributed by atoms with Crippen molar-refractivity contribution in [3.63, 3.8) is 0 Å². The number of anilines is 2. The minimum absolute atomic E-state index is 0.0367. The number of carbonyl (C=O) groups excluding carboxylic acids is 1. The molecule has 0 saturated carbocycles. The Hall–Kier alpha value is -2.55. The highest BCUT2D eigenvalue weighted by atomic mass is 35.5. The SMILES string of the molecule is C[C@H](Nc1nccc(N2CCC(N)C2=O)n1)c1cnc(-c2ccc(Cl)cc2)s1. The van der Waals surface area contributed by atoms with E-state index in [1.807, 2.05) is 37.4 Å². The molecule has 0 aliphatic carbocycles. The summed E-state index contributed by atoms with van der Waals surface area (Å²) >= 11 is 7.55. The average Bonchev–Trinajstić information content (AvgIpc) is 3.31. The fourth-order valence-electron chi connectivity index (χ4n) is 2.98. The molecule has 3 heterocycles. The number of amides is 1. The number of nitrogens with zero attached hydrogens (tertiary/aromatic N) is 4. The maximum Gasteiger partial charge on any atom is 0.245 e. The molecule has 3 N–H and O–H groups in total. The number of nitrogens with one attached hydrogen (secondary N) is 1. The third-order valence-electron chi connectivity index (χ3n) is 4.55. The second-order valence-corrected chi connectivity index (χ2v) is 8.06. The molecule has 0 spiro atoms. The Morgan fingerprint density at radius 3 is 2.79 bits per heavy atom. The second-order valence-electron chi connectivity index (χ2n) is 6.56. The summed E-state index contributed by atoms with van der Waals surface area (Å²) in [5.74, 6) is 0.918. The Bertz CT molecular complexity index is 992. The molecular weight excluding hydrogens is 396 g/mol. The van der Waals surface area contributed by atoms with Crippen molar-refractivity contribution in [3.05, 3.63) is 52.6 Å². The number of carbonyl (C=O) groups is 1. The van der Waals surface area contributed by atoms with Crippen LogP contribution in [0.3, 0.4) is 0 Å². The average molecular weight is 415 g/mol. The van der Waals surface area contributed by atoms with Crippen LogP contribution < -0.4 is 16.0 Å². The number of nitrogens with two attached hydrogens (primary N) is 1. The van der Waals surface area contributed by atoms with Gasteiger partial charge in [0.2, 0.25) is 11.9 Å². The Morgan fingerprint density at radius 2 is 2.07 bits per heavy atom. The van der Waals surface area contributed by atoms with Gasteiger partial charge in [-0.3, -0.25) is 9.69 Å². The van der Waals surface area contributed by atoms with E-state index in [2.05, 4.69) is 20.3 Å². The zero-order chi connectivity index (χ0) is 19.7. The van der Waals surface area contributed by atoms with Crippen LogP contribution in [0.4, 0.5) is 11.8 Å². The number of thiazole rings is 1. The third-order valence-corrected chi connectivity index (χ3v) is 6.03. The first-order chi connectivity index (χ1) is 13.5. The molecule has 1 aliphatic rings. The first-order valence-corrected chi connectivity index (χ1v) is 10.1. The lowest BCUT2D eigenvalue weighted by Gasteiger charge is -2.17. The van der Waals surface area contributed by atoms with Crippen LogP contribution in [0.5, 0.6) is 0 Å². The third kappa shape index (κ3) is 3.84. The van der Waals surface area contributed by atoms with Crippen molar-refractivity contribution in [2.45, 2.75) is 25.4 Å². The molecule has 0 radical (unpaired) electrons. The van der Waals surface area contributed by atoms with E-state index in [1.54, 1.807) is 28.5 Å². The number of aromatic nitrogens is 3. The molecule has 1 unspecified atom stereocenters.